The molecule has 1 aromatic carbocycles. The molecule has 1 aromatic rings. The molecule has 0 aromatic heterocycles. The third-order valence-corrected chi connectivity index (χ3v) is 1.72. The van der Waals surface area contributed by atoms with Gasteiger partial charge >= 0.3 is 12.3 Å². The Hall–Kier alpha value is -1.76. The van der Waals surface area contributed by atoms with Crippen molar-refractivity contribution in [2.75, 3.05) is 13.2 Å². The molecule has 0 aliphatic carbocycles. The number of hydrogen-bond acceptors (Lipinski definition) is 3. The standard InChI is InChI=1S/C10H9F3O4/c11-10(12,13)17-6-5-16-8-3-1-7(2-4-8)9(14)15/h1-4H,5-6H2,(H,14,15). The van der Waals surface area contributed by atoms with Gasteiger partial charge in [-0.25, -0.2) is 4.79 Å². The summed E-state index contributed by atoms with van der Waals surface area (Å²) >= 11 is 0. The van der Waals surface area contributed by atoms with E-state index >= 15 is 0 Å². The van der Waals surface area contributed by atoms with E-state index in [2.05, 4.69) is 4.74 Å². The van der Waals surface area contributed by atoms with Crippen LogP contribution in [0.5, 0.6) is 5.75 Å². The number of aromatic carboxylic acids is 1. The molecule has 1 rings (SSSR count). The fourth-order valence-electron chi connectivity index (χ4n) is 1.01. The first kappa shape index (κ1) is 13.3. The van der Waals surface area contributed by atoms with Gasteiger partial charge in [0.1, 0.15) is 12.4 Å². The van der Waals surface area contributed by atoms with Gasteiger partial charge in [0.05, 0.1) is 12.2 Å². The summed E-state index contributed by atoms with van der Waals surface area (Å²) in [6.07, 6.45) is -4.67. The van der Waals surface area contributed by atoms with Gasteiger partial charge in [-0.2, -0.15) is 0 Å². The Kier molecular flexibility index (Phi) is 4.33. The zero-order valence-corrected chi connectivity index (χ0v) is 8.53. The molecule has 0 fully saturated rings. The van der Waals surface area contributed by atoms with Crippen LogP contribution < -0.4 is 4.74 Å². The van der Waals surface area contributed by atoms with Crippen molar-refractivity contribution in [1.29, 1.82) is 0 Å². The van der Waals surface area contributed by atoms with Crippen LogP contribution in [-0.4, -0.2) is 30.7 Å². The van der Waals surface area contributed by atoms with Gasteiger partial charge < -0.3 is 9.84 Å². The number of alkyl halides is 3. The Morgan fingerprint density at radius 2 is 1.76 bits per heavy atom. The van der Waals surface area contributed by atoms with Crippen LogP contribution in [-0.2, 0) is 4.74 Å². The number of hydrogen-bond donors (Lipinski definition) is 1. The van der Waals surface area contributed by atoms with Crippen molar-refractivity contribution in [3.8, 4) is 5.75 Å². The number of carboxylic acids is 1. The fourth-order valence-corrected chi connectivity index (χ4v) is 1.01. The second-order valence-electron chi connectivity index (χ2n) is 2.97. The van der Waals surface area contributed by atoms with Gasteiger partial charge in [0.15, 0.2) is 0 Å². The first-order valence-electron chi connectivity index (χ1n) is 4.55. The highest BCUT2D eigenvalue weighted by molar-refractivity contribution is 5.87. The van der Waals surface area contributed by atoms with E-state index in [1.54, 1.807) is 0 Å². The third-order valence-electron chi connectivity index (χ3n) is 1.72. The molecular formula is C10H9F3O4. The lowest BCUT2D eigenvalue weighted by atomic mass is 10.2. The van der Waals surface area contributed by atoms with Crippen LogP contribution in [0.4, 0.5) is 13.2 Å². The van der Waals surface area contributed by atoms with Crippen LogP contribution in [0.15, 0.2) is 24.3 Å². The van der Waals surface area contributed by atoms with Gasteiger partial charge in [-0.1, -0.05) is 0 Å². The summed E-state index contributed by atoms with van der Waals surface area (Å²) in [7, 11) is 0. The number of carbonyl (C=O) groups is 1. The van der Waals surface area contributed by atoms with Crippen LogP contribution in [0.25, 0.3) is 0 Å². The maximum atomic E-state index is 11.6. The Morgan fingerprint density at radius 3 is 2.24 bits per heavy atom. The topological polar surface area (TPSA) is 55.8 Å². The fraction of sp³-hybridized carbons (Fsp3) is 0.300. The van der Waals surface area contributed by atoms with E-state index in [1.807, 2.05) is 0 Å². The van der Waals surface area contributed by atoms with Crippen LogP contribution in [0.1, 0.15) is 10.4 Å². The molecule has 7 heteroatoms. The minimum absolute atomic E-state index is 0.0730. The van der Waals surface area contributed by atoms with Crippen molar-refractivity contribution in [2.24, 2.45) is 0 Å². The minimum atomic E-state index is -4.67. The molecule has 0 aliphatic heterocycles. The van der Waals surface area contributed by atoms with Crippen LogP contribution in [0.3, 0.4) is 0 Å². The molecule has 0 spiro atoms. The largest absolute Gasteiger partial charge is 0.522 e. The minimum Gasteiger partial charge on any atom is -0.491 e. The lowest BCUT2D eigenvalue weighted by molar-refractivity contribution is -0.325. The summed E-state index contributed by atoms with van der Waals surface area (Å²) in [6, 6.07) is 5.30. The first-order chi connectivity index (χ1) is 7.88. The normalized spacial score (nSPS) is 11.2. The average molecular weight is 250 g/mol. The SMILES string of the molecule is O=C(O)c1ccc(OCCOC(F)(F)F)cc1. The number of benzene rings is 1. The van der Waals surface area contributed by atoms with E-state index < -0.39 is 18.9 Å². The summed E-state index contributed by atoms with van der Waals surface area (Å²) in [5.74, 6) is -0.808. The summed E-state index contributed by atoms with van der Waals surface area (Å²) < 4.78 is 43.2. The van der Waals surface area contributed by atoms with Crippen LogP contribution >= 0.6 is 0 Å². The lowest BCUT2D eigenvalue weighted by Gasteiger charge is -2.08. The molecule has 0 saturated carbocycles. The molecule has 0 aliphatic rings. The Bertz CT molecular complexity index is 372. The summed E-state index contributed by atoms with van der Waals surface area (Å²) in [6.45, 7) is -0.893. The molecule has 17 heavy (non-hydrogen) atoms. The molecule has 0 bridgehead atoms. The molecule has 0 atom stereocenters. The Balaban J connectivity index is 2.35. The van der Waals surface area contributed by atoms with Crippen molar-refractivity contribution >= 4 is 5.97 Å². The van der Waals surface area contributed by atoms with Crippen molar-refractivity contribution in [3.05, 3.63) is 29.8 Å². The smallest absolute Gasteiger partial charge is 0.491 e. The first-order valence-corrected chi connectivity index (χ1v) is 4.55. The quantitative estimate of drug-likeness (QED) is 0.814. The summed E-state index contributed by atoms with van der Waals surface area (Å²) in [5, 5.41) is 8.59. The van der Waals surface area contributed by atoms with Gasteiger partial charge in [-0.15, -0.1) is 13.2 Å². The maximum Gasteiger partial charge on any atom is 0.522 e. The average Bonchev–Trinajstić information content (AvgIpc) is 2.24. The maximum absolute atomic E-state index is 11.6. The Labute approximate surface area is 94.6 Å². The van der Waals surface area contributed by atoms with Gasteiger partial charge in [0.2, 0.25) is 0 Å². The van der Waals surface area contributed by atoms with Crippen LogP contribution in [0, 0.1) is 0 Å². The predicted octanol–water partition coefficient (Wildman–Crippen LogP) is 2.30. The van der Waals surface area contributed by atoms with Crippen molar-refractivity contribution in [1.82, 2.24) is 0 Å². The monoisotopic (exact) mass is 250 g/mol. The number of rotatable bonds is 5. The van der Waals surface area contributed by atoms with Crippen molar-refractivity contribution in [2.45, 2.75) is 6.36 Å². The van der Waals surface area contributed by atoms with E-state index in [9.17, 15) is 18.0 Å². The van der Waals surface area contributed by atoms with E-state index in [1.165, 1.54) is 24.3 Å². The second kappa shape index (κ2) is 5.53. The number of ether oxygens (including phenoxy) is 2. The van der Waals surface area contributed by atoms with Crippen LogP contribution in [0.2, 0.25) is 0 Å². The summed E-state index contributed by atoms with van der Waals surface area (Å²) in [5.41, 5.74) is 0.0730. The zero-order chi connectivity index (χ0) is 12.9. The predicted molar refractivity (Wildman–Crippen MR) is 50.9 cm³/mol. The molecule has 0 unspecified atom stereocenters. The molecular weight excluding hydrogens is 241 g/mol. The molecule has 0 radical (unpaired) electrons. The molecule has 0 amide bonds. The molecule has 4 nitrogen and oxygen atoms in total. The number of carboxylic acid groups (broad SMARTS) is 1. The van der Waals surface area contributed by atoms with Crippen molar-refractivity contribution < 1.29 is 32.5 Å². The van der Waals surface area contributed by atoms with Gasteiger partial charge in [-0.05, 0) is 24.3 Å². The molecule has 0 heterocycles. The third kappa shape index (κ3) is 5.21. The lowest BCUT2D eigenvalue weighted by Crippen LogP contribution is -2.18. The Morgan fingerprint density at radius 1 is 1.18 bits per heavy atom. The van der Waals surface area contributed by atoms with E-state index in [0.717, 1.165) is 0 Å². The highest BCUT2D eigenvalue weighted by atomic mass is 19.4. The highest BCUT2D eigenvalue weighted by Gasteiger charge is 2.28. The highest BCUT2D eigenvalue weighted by Crippen LogP contribution is 2.16. The van der Waals surface area contributed by atoms with E-state index in [0.29, 0.717) is 0 Å². The van der Waals surface area contributed by atoms with E-state index in [-0.39, 0.29) is 17.9 Å². The zero-order valence-electron chi connectivity index (χ0n) is 8.53. The van der Waals surface area contributed by atoms with Gasteiger partial charge in [0.25, 0.3) is 0 Å². The summed E-state index contributed by atoms with van der Waals surface area (Å²) in [4.78, 5) is 10.5. The second-order valence-corrected chi connectivity index (χ2v) is 2.97. The molecule has 1 N–H and O–H groups in total. The van der Waals surface area contributed by atoms with Gasteiger partial charge in [0, 0.05) is 0 Å². The van der Waals surface area contributed by atoms with Gasteiger partial charge in [-0.3, -0.25) is 4.74 Å². The number of halogens is 3. The molecule has 94 valence electrons. The molecule has 0 saturated heterocycles. The van der Waals surface area contributed by atoms with Crippen molar-refractivity contribution in [3.63, 3.8) is 0 Å². The van der Waals surface area contributed by atoms with E-state index in [4.69, 9.17) is 9.84 Å².